The Hall–Kier alpha value is -8.10. The van der Waals surface area contributed by atoms with E-state index in [4.69, 9.17) is 9.98 Å². The molecule has 0 unspecified atom stereocenters. The van der Waals surface area contributed by atoms with Gasteiger partial charge in [-0.2, -0.15) is 0 Å². The smallest absolute Gasteiger partial charge is 0.113 e. The summed E-state index contributed by atoms with van der Waals surface area (Å²) in [6, 6.07) is 74.9. The van der Waals surface area contributed by atoms with Crippen molar-refractivity contribution < 1.29 is 0 Å². The summed E-state index contributed by atoms with van der Waals surface area (Å²) in [6.45, 7) is 0. The first kappa shape index (κ1) is 35.1. The third-order valence-electron chi connectivity index (χ3n) is 11.5. The molecule has 3 nitrogen and oxygen atoms in total. The summed E-state index contributed by atoms with van der Waals surface area (Å²) in [5, 5.41) is 3.57. The molecule has 1 aliphatic rings. The summed E-state index contributed by atoms with van der Waals surface area (Å²) in [4.78, 5) is 10.7. The zero-order valence-electron chi connectivity index (χ0n) is 32.7. The molecule has 0 saturated heterocycles. The average molecular weight is 764 g/mol. The molecule has 0 bridgehead atoms. The van der Waals surface area contributed by atoms with E-state index < -0.39 is 0 Å². The maximum atomic E-state index is 5.48. The van der Waals surface area contributed by atoms with E-state index in [0.29, 0.717) is 0 Å². The second-order valence-electron chi connectivity index (χ2n) is 15.1. The Labute approximate surface area is 348 Å². The Kier molecular flexibility index (Phi) is 8.78. The molecule has 0 fully saturated rings. The van der Waals surface area contributed by atoms with Crippen molar-refractivity contribution in [2.45, 2.75) is 0 Å². The molecule has 1 aliphatic heterocycles. The Morgan fingerprint density at radius 2 is 0.967 bits per heavy atom. The predicted octanol–water partition coefficient (Wildman–Crippen LogP) is 14.4. The minimum absolute atomic E-state index is 0.802. The molecule has 2 aromatic heterocycles. The number of benzene rings is 8. The first-order valence-electron chi connectivity index (χ1n) is 20.3. The number of rotatable bonds is 7. The number of hydrogen-bond donors (Lipinski definition) is 0. The lowest BCUT2D eigenvalue weighted by Gasteiger charge is -2.15. The first-order valence-corrected chi connectivity index (χ1v) is 20.3. The van der Waals surface area contributed by atoms with Crippen molar-refractivity contribution in [2.75, 3.05) is 0 Å². The molecule has 0 aliphatic carbocycles. The van der Waals surface area contributed by atoms with Gasteiger partial charge in [0.2, 0.25) is 0 Å². The van der Waals surface area contributed by atoms with Crippen LogP contribution in [0.3, 0.4) is 0 Å². The van der Waals surface area contributed by atoms with E-state index in [2.05, 4.69) is 211 Å². The fraction of sp³-hybridized carbons (Fsp3) is 0. The number of hydrogen-bond acceptors (Lipinski definition) is 2. The second-order valence-corrected chi connectivity index (χ2v) is 15.1. The SMILES string of the molecule is C1=CC(c2ccc(-c3ccccc3-c3nc4ccccc4c4c5ccccc5n(-c5ccccc5)c34)cc2)=CC(c2ccc(-c3ccccc3)cc2)=NC=1c1ccccc1. The highest BCUT2D eigenvalue weighted by Gasteiger charge is 2.22. The van der Waals surface area contributed by atoms with Crippen LogP contribution in [0.2, 0.25) is 0 Å². The molecule has 8 aromatic carbocycles. The highest BCUT2D eigenvalue weighted by molar-refractivity contribution is 6.24. The molecule has 60 heavy (non-hydrogen) atoms. The number of allylic oxidation sites excluding steroid dienone is 3. The standard InChI is InChI=1S/C57H37N3/c1-4-16-39(17-5-1)40-30-34-44(35-31-40)53-38-45(36-37-51(58-53)43-18-6-2-7-19-43)41-28-32-42(33-29-41)47-22-10-11-23-48(47)56-57-55(49-24-12-14-26-52(49)59-56)50-25-13-15-27-54(50)60(57)46-20-8-3-9-21-46/h1-36,38H. The minimum atomic E-state index is 0.802. The molecule has 3 heteroatoms. The zero-order valence-corrected chi connectivity index (χ0v) is 32.7. The summed E-state index contributed by atoms with van der Waals surface area (Å²) in [5.41, 5.74) is 20.4. The lowest BCUT2D eigenvalue weighted by molar-refractivity contribution is 1.17. The number of pyridine rings is 1. The van der Waals surface area contributed by atoms with Crippen molar-refractivity contribution >= 4 is 49.7 Å². The van der Waals surface area contributed by atoms with Gasteiger partial charge >= 0.3 is 0 Å². The van der Waals surface area contributed by atoms with Gasteiger partial charge in [-0.3, -0.25) is 0 Å². The molecule has 11 rings (SSSR count). The molecule has 0 saturated carbocycles. The summed E-state index contributed by atoms with van der Waals surface area (Å²) in [7, 11) is 0. The van der Waals surface area contributed by atoms with Gasteiger partial charge in [0.25, 0.3) is 0 Å². The van der Waals surface area contributed by atoms with Gasteiger partial charge in [0.05, 0.1) is 28.0 Å². The predicted molar refractivity (Wildman–Crippen MR) is 251 cm³/mol. The van der Waals surface area contributed by atoms with E-state index in [-0.39, 0.29) is 0 Å². The van der Waals surface area contributed by atoms with Crippen molar-refractivity contribution in [1.29, 1.82) is 0 Å². The molecule has 0 atom stereocenters. The number of para-hydroxylation sites is 3. The van der Waals surface area contributed by atoms with Gasteiger partial charge in [0.15, 0.2) is 0 Å². The Morgan fingerprint density at radius 3 is 1.72 bits per heavy atom. The van der Waals surface area contributed by atoms with Gasteiger partial charge in [-0.05, 0) is 69.8 Å². The summed E-state index contributed by atoms with van der Waals surface area (Å²) >= 11 is 0. The fourth-order valence-corrected chi connectivity index (χ4v) is 8.55. The summed E-state index contributed by atoms with van der Waals surface area (Å²) in [5.74, 6) is 0. The van der Waals surface area contributed by atoms with Crippen LogP contribution in [0.1, 0.15) is 16.7 Å². The largest absolute Gasteiger partial charge is 0.307 e. The van der Waals surface area contributed by atoms with Crippen molar-refractivity contribution in [3.8, 4) is 39.2 Å². The first-order chi connectivity index (χ1) is 29.8. The van der Waals surface area contributed by atoms with Crippen LogP contribution >= 0.6 is 0 Å². The van der Waals surface area contributed by atoms with E-state index in [9.17, 15) is 0 Å². The minimum Gasteiger partial charge on any atom is -0.307 e. The van der Waals surface area contributed by atoms with Crippen molar-refractivity contribution in [1.82, 2.24) is 9.55 Å². The Balaban J connectivity index is 1.04. The fourth-order valence-electron chi connectivity index (χ4n) is 8.55. The van der Waals surface area contributed by atoms with Gasteiger partial charge in [0.1, 0.15) is 5.70 Å². The lowest BCUT2D eigenvalue weighted by atomic mass is 9.93. The van der Waals surface area contributed by atoms with Gasteiger partial charge in [-0.1, -0.05) is 194 Å². The molecule has 10 aromatic rings. The number of aromatic nitrogens is 2. The maximum absolute atomic E-state index is 5.48. The highest BCUT2D eigenvalue weighted by Crippen LogP contribution is 2.43. The normalized spacial score (nSPS) is 12.6. The van der Waals surface area contributed by atoms with Gasteiger partial charge in [-0.15, -0.1) is 0 Å². The quantitative estimate of drug-likeness (QED) is 0.149. The molecule has 0 amide bonds. The van der Waals surface area contributed by atoms with Crippen molar-refractivity contribution in [3.05, 3.63) is 247 Å². The Morgan fingerprint density at radius 1 is 0.417 bits per heavy atom. The summed E-state index contributed by atoms with van der Waals surface area (Å²) < 4.78 is 2.38. The van der Waals surface area contributed by atoms with E-state index in [0.717, 1.165) is 83.7 Å². The molecule has 0 spiro atoms. The molecule has 0 radical (unpaired) electrons. The number of fused-ring (bicyclic) bond motifs is 5. The summed E-state index contributed by atoms with van der Waals surface area (Å²) in [6.07, 6.45) is 4.25. The highest BCUT2D eigenvalue weighted by atomic mass is 15.0. The molecule has 280 valence electrons. The van der Waals surface area contributed by atoms with Crippen LogP contribution in [0.4, 0.5) is 0 Å². The van der Waals surface area contributed by atoms with E-state index in [1.54, 1.807) is 0 Å². The second kappa shape index (κ2) is 15.0. The lowest BCUT2D eigenvalue weighted by Crippen LogP contribution is -1.99. The van der Waals surface area contributed by atoms with Crippen LogP contribution < -0.4 is 0 Å². The van der Waals surface area contributed by atoms with Gasteiger partial charge < -0.3 is 4.57 Å². The van der Waals surface area contributed by atoms with Crippen LogP contribution in [0.15, 0.2) is 235 Å². The van der Waals surface area contributed by atoms with Gasteiger partial charge in [0, 0.05) is 38.5 Å². The van der Waals surface area contributed by atoms with E-state index >= 15 is 0 Å². The van der Waals surface area contributed by atoms with Crippen molar-refractivity contribution in [2.24, 2.45) is 4.99 Å². The van der Waals surface area contributed by atoms with E-state index in [1.165, 1.54) is 21.9 Å². The molecular formula is C57H37N3. The number of aliphatic imine (C=N–C) groups is 1. The van der Waals surface area contributed by atoms with Crippen molar-refractivity contribution in [3.63, 3.8) is 0 Å². The Bertz CT molecular complexity index is 3350. The van der Waals surface area contributed by atoms with Crippen LogP contribution in [0, 0.1) is 0 Å². The van der Waals surface area contributed by atoms with E-state index in [1.807, 2.05) is 24.3 Å². The topological polar surface area (TPSA) is 30.2 Å². The molecular weight excluding hydrogens is 727 g/mol. The zero-order chi connectivity index (χ0) is 39.8. The monoisotopic (exact) mass is 763 g/mol. The van der Waals surface area contributed by atoms with Crippen LogP contribution in [0.5, 0.6) is 0 Å². The number of nitrogens with zero attached hydrogens (tertiary/aromatic N) is 3. The third-order valence-corrected chi connectivity index (χ3v) is 11.5. The van der Waals surface area contributed by atoms with Crippen LogP contribution in [0.25, 0.3) is 83.2 Å². The van der Waals surface area contributed by atoms with Crippen LogP contribution in [-0.4, -0.2) is 15.3 Å². The molecule has 0 N–H and O–H groups in total. The maximum Gasteiger partial charge on any atom is 0.113 e. The molecule has 3 heterocycles. The third kappa shape index (κ3) is 6.27. The van der Waals surface area contributed by atoms with Gasteiger partial charge in [-0.25, -0.2) is 9.98 Å². The van der Waals surface area contributed by atoms with Crippen LogP contribution in [-0.2, 0) is 0 Å². The average Bonchev–Trinajstić information content (AvgIpc) is 3.52.